The van der Waals surface area contributed by atoms with Gasteiger partial charge in [0, 0.05) is 43.5 Å². The molecule has 6 rings (SSSR count). The lowest BCUT2D eigenvalue weighted by Gasteiger charge is -2.34. The number of nitrogens with zero attached hydrogens (tertiary/aromatic N) is 3. The SMILES string of the molecule is CC(C)(C)CN1Cc2c(cc(Cl)c3[nH]ncc23)CC(CC(=O)N2CCC(c3cc4sc(Cl)cc4[nH]c3=O)CC2)C1=O. The maximum atomic E-state index is 13.9. The normalized spacial score (nSPS) is 18.8. The fraction of sp³-hybridized carbons (Fsp3) is 0.467. The van der Waals surface area contributed by atoms with E-state index in [0.29, 0.717) is 54.8 Å². The number of thiophene rings is 1. The Morgan fingerprint density at radius 1 is 1.15 bits per heavy atom. The van der Waals surface area contributed by atoms with Gasteiger partial charge in [0.25, 0.3) is 5.56 Å². The van der Waals surface area contributed by atoms with E-state index in [1.807, 2.05) is 21.9 Å². The van der Waals surface area contributed by atoms with Crippen LogP contribution in [0.1, 0.15) is 62.6 Å². The van der Waals surface area contributed by atoms with Gasteiger partial charge in [-0.15, -0.1) is 11.3 Å². The fourth-order valence-electron chi connectivity index (χ4n) is 6.36. The number of amides is 2. The molecule has 4 aromatic rings. The van der Waals surface area contributed by atoms with Crippen LogP contribution in [0.5, 0.6) is 0 Å². The molecule has 3 aromatic heterocycles. The first-order valence-corrected chi connectivity index (χ1v) is 15.6. The molecule has 1 unspecified atom stereocenters. The number of H-pyrrole nitrogens is 2. The summed E-state index contributed by atoms with van der Waals surface area (Å²) in [6.45, 7) is 8.49. The van der Waals surface area contributed by atoms with Crippen LogP contribution in [0.3, 0.4) is 0 Å². The molecule has 2 amide bonds. The topological polar surface area (TPSA) is 102 Å². The van der Waals surface area contributed by atoms with Crippen LogP contribution in [0, 0.1) is 11.3 Å². The van der Waals surface area contributed by atoms with Crippen molar-refractivity contribution >= 4 is 67.5 Å². The monoisotopic (exact) mass is 613 g/mol. The molecule has 0 radical (unpaired) electrons. The second kappa shape index (κ2) is 10.7. The van der Waals surface area contributed by atoms with Crippen molar-refractivity contribution in [1.29, 1.82) is 0 Å². The van der Waals surface area contributed by atoms with E-state index in [-0.39, 0.29) is 35.1 Å². The number of halogens is 2. The molecule has 0 bridgehead atoms. The van der Waals surface area contributed by atoms with Gasteiger partial charge in [-0.05, 0) is 59.9 Å². The lowest BCUT2D eigenvalue weighted by Crippen LogP contribution is -2.43. The molecule has 0 spiro atoms. The number of likely N-dealkylation sites (tertiary alicyclic amines) is 1. The van der Waals surface area contributed by atoms with E-state index < -0.39 is 5.92 Å². The van der Waals surface area contributed by atoms with E-state index in [4.69, 9.17) is 23.2 Å². The minimum Gasteiger partial charge on any atom is -0.343 e. The Morgan fingerprint density at radius 2 is 1.90 bits per heavy atom. The van der Waals surface area contributed by atoms with Gasteiger partial charge in [0.15, 0.2) is 0 Å². The second-order valence-electron chi connectivity index (χ2n) is 12.6. The Labute approximate surface area is 252 Å². The van der Waals surface area contributed by atoms with Crippen LogP contribution < -0.4 is 5.56 Å². The first kappa shape index (κ1) is 28.2. The quantitative estimate of drug-likeness (QED) is 0.289. The molecule has 2 N–H and O–H groups in total. The molecule has 1 saturated heterocycles. The number of carbonyl (C=O) groups excluding carboxylic acids is 2. The van der Waals surface area contributed by atoms with Crippen molar-refractivity contribution in [3.05, 3.63) is 60.8 Å². The van der Waals surface area contributed by atoms with Gasteiger partial charge < -0.3 is 14.8 Å². The van der Waals surface area contributed by atoms with Crippen LogP contribution >= 0.6 is 34.5 Å². The first-order valence-electron chi connectivity index (χ1n) is 14.0. The van der Waals surface area contributed by atoms with E-state index in [1.165, 1.54) is 11.3 Å². The Kier molecular flexibility index (Phi) is 7.41. The first-order chi connectivity index (χ1) is 19.5. The second-order valence-corrected chi connectivity index (χ2v) is 14.7. The van der Waals surface area contributed by atoms with Crippen molar-refractivity contribution < 1.29 is 9.59 Å². The molecule has 1 aromatic carbocycles. The largest absolute Gasteiger partial charge is 0.343 e. The van der Waals surface area contributed by atoms with Gasteiger partial charge in [-0.2, -0.15) is 5.10 Å². The van der Waals surface area contributed by atoms with Crippen LogP contribution in [-0.4, -0.2) is 56.4 Å². The van der Waals surface area contributed by atoms with Gasteiger partial charge in [0.05, 0.1) is 37.2 Å². The van der Waals surface area contributed by atoms with Crippen LogP contribution in [-0.2, 0) is 22.6 Å². The minimum atomic E-state index is -0.474. The number of benzene rings is 1. The highest BCUT2D eigenvalue weighted by Crippen LogP contribution is 2.36. The minimum absolute atomic E-state index is 0.00146. The Hall–Kier alpha value is -2.88. The van der Waals surface area contributed by atoms with E-state index in [1.54, 1.807) is 12.3 Å². The summed E-state index contributed by atoms with van der Waals surface area (Å²) in [5.74, 6) is -0.424. The number of aromatic nitrogens is 3. The third kappa shape index (κ3) is 5.64. The van der Waals surface area contributed by atoms with Crippen molar-refractivity contribution in [3.8, 4) is 0 Å². The molecule has 2 aliphatic heterocycles. The lowest BCUT2D eigenvalue weighted by atomic mass is 9.89. The zero-order valence-electron chi connectivity index (χ0n) is 23.4. The van der Waals surface area contributed by atoms with E-state index in [9.17, 15) is 14.4 Å². The summed E-state index contributed by atoms with van der Waals surface area (Å²) < 4.78 is 1.60. The average molecular weight is 615 g/mol. The van der Waals surface area contributed by atoms with Crippen molar-refractivity contribution in [2.45, 2.75) is 58.9 Å². The van der Waals surface area contributed by atoms with Gasteiger partial charge >= 0.3 is 0 Å². The Morgan fingerprint density at radius 3 is 2.63 bits per heavy atom. The standard InChI is InChI=1S/C30H33Cl2N5O3S/c1-30(2,3)15-37-14-21-17(9-22(31)27-20(21)13-33-35-27)8-18(29(37)40)10-26(38)36-6-4-16(5-7-36)19-11-24-23(34-28(19)39)12-25(32)41-24/h9,11-13,16,18H,4-8,10,14-15H2,1-3H3,(H,33,35)(H,34,39). The number of hydrogen-bond acceptors (Lipinski definition) is 5. The molecule has 41 heavy (non-hydrogen) atoms. The van der Waals surface area contributed by atoms with Gasteiger partial charge in [0.2, 0.25) is 11.8 Å². The summed E-state index contributed by atoms with van der Waals surface area (Å²) in [4.78, 5) is 47.0. The fourth-order valence-corrected chi connectivity index (χ4v) is 7.79. The Balaban J connectivity index is 1.20. The number of piperidine rings is 1. The summed E-state index contributed by atoms with van der Waals surface area (Å²) in [5, 5.41) is 8.66. The molecular weight excluding hydrogens is 581 g/mol. The van der Waals surface area contributed by atoms with Crippen molar-refractivity contribution in [2.75, 3.05) is 19.6 Å². The van der Waals surface area contributed by atoms with Crippen LogP contribution in [0.15, 0.2) is 29.2 Å². The predicted molar refractivity (Wildman–Crippen MR) is 164 cm³/mol. The number of hydrogen-bond donors (Lipinski definition) is 2. The molecule has 11 heteroatoms. The lowest BCUT2D eigenvalue weighted by molar-refractivity contribution is -0.142. The molecule has 0 aliphatic carbocycles. The maximum Gasteiger partial charge on any atom is 0.251 e. The third-order valence-corrected chi connectivity index (χ3v) is 9.78. The van der Waals surface area contributed by atoms with E-state index in [0.717, 1.165) is 37.8 Å². The highest BCUT2D eigenvalue weighted by Gasteiger charge is 2.36. The van der Waals surface area contributed by atoms with Crippen LogP contribution in [0.4, 0.5) is 0 Å². The summed E-state index contributed by atoms with van der Waals surface area (Å²) >= 11 is 14.2. The zero-order chi connectivity index (χ0) is 29.1. The van der Waals surface area contributed by atoms with Gasteiger partial charge in [-0.3, -0.25) is 19.5 Å². The highest BCUT2D eigenvalue weighted by molar-refractivity contribution is 7.22. The number of fused-ring (bicyclic) bond motifs is 4. The molecule has 216 valence electrons. The van der Waals surface area contributed by atoms with Gasteiger partial charge in [0.1, 0.15) is 0 Å². The molecule has 5 heterocycles. The molecular formula is C30H33Cl2N5O3S. The zero-order valence-corrected chi connectivity index (χ0v) is 25.7. The third-order valence-electron chi connectivity index (χ3n) is 8.27. The Bertz CT molecular complexity index is 1710. The molecule has 2 aliphatic rings. The van der Waals surface area contributed by atoms with Crippen LogP contribution in [0.25, 0.3) is 21.1 Å². The molecule has 1 atom stereocenters. The predicted octanol–water partition coefficient (Wildman–Crippen LogP) is 6.12. The molecule has 0 saturated carbocycles. The van der Waals surface area contributed by atoms with Gasteiger partial charge in [-0.25, -0.2) is 0 Å². The van der Waals surface area contributed by atoms with E-state index in [2.05, 4.69) is 36.0 Å². The summed E-state index contributed by atoms with van der Waals surface area (Å²) in [7, 11) is 0. The van der Waals surface area contributed by atoms with Crippen molar-refractivity contribution in [2.24, 2.45) is 11.3 Å². The number of rotatable bonds is 4. The highest BCUT2D eigenvalue weighted by atomic mass is 35.5. The van der Waals surface area contributed by atoms with Crippen LogP contribution in [0.2, 0.25) is 9.36 Å². The van der Waals surface area contributed by atoms with Gasteiger partial charge in [-0.1, -0.05) is 44.0 Å². The summed E-state index contributed by atoms with van der Waals surface area (Å²) in [5.41, 5.74) is 4.11. The summed E-state index contributed by atoms with van der Waals surface area (Å²) in [6, 6.07) is 5.64. The molecule has 8 nitrogen and oxygen atoms in total. The number of pyridine rings is 1. The number of nitrogens with one attached hydrogen (secondary N) is 2. The van der Waals surface area contributed by atoms with Crippen molar-refractivity contribution in [1.82, 2.24) is 25.0 Å². The number of aromatic amines is 2. The summed E-state index contributed by atoms with van der Waals surface area (Å²) in [6.07, 6.45) is 3.77. The average Bonchev–Trinajstić information content (AvgIpc) is 3.52. The molecule has 1 fully saturated rings. The smallest absolute Gasteiger partial charge is 0.251 e. The number of carbonyl (C=O) groups is 2. The maximum absolute atomic E-state index is 13.9. The van der Waals surface area contributed by atoms with E-state index >= 15 is 0 Å². The van der Waals surface area contributed by atoms with Crippen molar-refractivity contribution in [3.63, 3.8) is 0 Å².